The highest BCUT2D eigenvalue weighted by atomic mass is 35.5. The Labute approximate surface area is 217 Å². The van der Waals surface area contributed by atoms with Gasteiger partial charge < -0.3 is 20.8 Å². The first-order valence-corrected chi connectivity index (χ1v) is 12.1. The van der Waals surface area contributed by atoms with Gasteiger partial charge in [0.25, 0.3) is 5.91 Å². The zero-order valence-electron chi connectivity index (χ0n) is 16.3. The highest BCUT2D eigenvalue weighted by molar-refractivity contribution is 8.27. The zero-order chi connectivity index (χ0) is 24.5. The molecule has 2 amide bonds. The second kappa shape index (κ2) is 12.9. The van der Waals surface area contributed by atoms with Crippen molar-refractivity contribution in [2.24, 2.45) is 0 Å². The quantitative estimate of drug-likeness (QED) is 0.239. The molecule has 2 heterocycles. The van der Waals surface area contributed by atoms with Gasteiger partial charge >= 0.3 is 0 Å². The van der Waals surface area contributed by atoms with Crippen molar-refractivity contribution in [1.82, 2.24) is 10.6 Å². The summed E-state index contributed by atoms with van der Waals surface area (Å²) in [6.07, 6.45) is 2.11. The molecule has 4 rings (SSSR count). The van der Waals surface area contributed by atoms with Crippen LogP contribution in [0.3, 0.4) is 0 Å². The molecule has 0 unspecified atom stereocenters. The van der Waals surface area contributed by atoms with E-state index in [1.807, 2.05) is 0 Å². The van der Waals surface area contributed by atoms with Gasteiger partial charge in [0, 0.05) is 5.56 Å². The Bertz CT molecular complexity index is 1140. The van der Waals surface area contributed by atoms with Crippen LogP contribution in [-0.2, 0) is 9.59 Å². The van der Waals surface area contributed by atoms with Crippen LogP contribution in [0.15, 0.2) is 41.3 Å². The molecule has 0 bridgehead atoms. The summed E-state index contributed by atoms with van der Waals surface area (Å²) in [4.78, 5) is 32.2. The van der Waals surface area contributed by atoms with Crippen LogP contribution in [0.2, 0.25) is 10.0 Å². The number of nitrogens with one attached hydrogen (secondary N) is 2. The van der Waals surface area contributed by atoms with Crippen LogP contribution in [-0.4, -0.2) is 42.7 Å². The summed E-state index contributed by atoms with van der Waals surface area (Å²) in [5.41, 5.74) is 0.711. The lowest BCUT2D eigenvalue weighted by Gasteiger charge is -2.01. The first kappa shape index (κ1) is 27.1. The second-order valence-corrected chi connectivity index (χ2v) is 10.1. The number of phenolic OH excluding ortho intramolecular Hbond substituents is 2. The fraction of sp³-hybridized carbons (Fsp3) is 0.0500. The summed E-state index contributed by atoms with van der Waals surface area (Å²) in [6, 6.07) is 9.56. The second-order valence-electron chi connectivity index (χ2n) is 5.95. The highest BCUT2D eigenvalue weighted by Crippen LogP contribution is 2.32. The summed E-state index contributed by atoms with van der Waals surface area (Å²) in [5.74, 6) is 0.0742. The van der Waals surface area contributed by atoms with Crippen molar-refractivity contribution in [3.05, 3.63) is 62.5 Å². The maximum Gasteiger partial charge on any atom is 0.263 e. The van der Waals surface area contributed by atoms with Gasteiger partial charge in [-0.05, 0) is 24.3 Å². The predicted octanol–water partition coefficient (Wildman–Crippen LogP) is 4.53. The van der Waals surface area contributed by atoms with E-state index in [2.05, 4.69) is 22.9 Å². The van der Waals surface area contributed by atoms with Gasteiger partial charge in [0.2, 0.25) is 5.91 Å². The van der Waals surface area contributed by atoms with Crippen molar-refractivity contribution in [3.63, 3.8) is 0 Å². The van der Waals surface area contributed by atoms with Crippen molar-refractivity contribution in [2.45, 2.75) is 0 Å². The molecule has 0 spiro atoms. The Kier molecular flexibility index (Phi) is 10.6. The Morgan fingerprint density at radius 3 is 1.88 bits per heavy atom. The molecule has 2 aliphatic heterocycles. The molecule has 0 radical (unpaired) electrons. The molecule has 172 valence electrons. The Morgan fingerprint density at radius 1 is 0.909 bits per heavy atom. The Hall–Kier alpha value is -2.15. The number of carbonyl (C=O) groups is 3. The number of halogens is 2. The number of benzene rings is 2. The number of phenols is 2. The van der Waals surface area contributed by atoms with Crippen LogP contribution >= 0.6 is 71.2 Å². The monoisotopic (exact) mass is 560 g/mol. The third kappa shape index (κ3) is 8.29. The minimum absolute atomic E-state index is 0.0231. The van der Waals surface area contributed by atoms with E-state index in [1.165, 1.54) is 23.9 Å². The molecule has 0 aromatic heterocycles. The van der Waals surface area contributed by atoms with E-state index in [9.17, 15) is 19.5 Å². The van der Waals surface area contributed by atoms with Crippen molar-refractivity contribution in [1.29, 1.82) is 0 Å². The normalized spacial score (nSPS) is 15.8. The van der Waals surface area contributed by atoms with E-state index in [-0.39, 0.29) is 38.9 Å². The lowest BCUT2D eigenvalue weighted by atomic mass is 10.2. The summed E-state index contributed by atoms with van der Waals surface area (Å²) in [5, 5.41) is 24.1. The van der Waals surface area contributed by atoms with Crippen LogP contribution in [0.1, 0.15) is 15.9 Å². The third-order valence-corrected chi connectivity index (χ3v) is 6.67. The molecule has 13 heteroatoms. The summed E-state index contributed by atoms with van der Waals surface area (Å²) in [6.45, 7) is 0. The number of amides is 2. The van der Waals surface area contributed by atoms with Gasteiger partial charge in [-0.25, -0.2) is 0 Å². The number of carbonyl (C=O) groups excluding carboxylic acids is 3. The first-order valence-electron chi connectivity index (χ1n) is 8.74. The van der Waals surface area contributed by atoms with Gasteiger partial charge in [-0.2, -0.15) is 0 Å². The number of thioether (sulfide) groups is 2. The van der Waals surface area contributed by atoms with Crippen LogP contribution in [0, 0.1) is 0 Å². The third-order valence-electron chi connectivity index (χ3n) is 3.67. The van der Waals surface area contributed by atoms with Gasteiger partial charge in [0.05, 0.1) is 26.3 Å². The molecule has 2 saturated heterocycles. The molecule has 2 aliphatic rings. The number of aldehydes is 1. The molecule has 7 nitrogen and oxygen atoms in total. The average Bonchev–Trinajstić information content (AvgIpc) is 3.31. The number of para-hydroxylation sites is 2. The fourth-order valence-corrected chi connectivity index (χ4v) is 4.36. The molecule has 0 aliphatic carbocycles. The molecule has 33 heavy (non-hydrogen) atoms. The summed E-state index contributed by atoms with van der Waals surface area (Å²) in [7, 11) is 0. The van der Waals surface area contributed by atoms with E-state index in [0.717, 1.165) is 11.8 Å². The van der Waals surface area contributed by atoms with Crippen molar-refractivity contribution in [3.8, 4) is 11.5 Å². The molecule has 2 aromatic rings. The standard InChI is InChI=1S/C10H6ClNO2S2.C7H5ClO2.C3H3NOS2/c11-6-3-1-2-5(8(6)13)4-7-9(14)12-10(15)16-7;8-6-3-1-2-5(4-9)7(6)10;5-2-1-7-3(6)4-2/h1-4,13H,(H,12,14,15);1-4,10H;1H2,(H,4,5,6)/b7-4+;;. The van der Waals surface area contributed by atoms with E-state index in [4.69, 9.17) is 40.5 Å². The van der Waals surface area contributed by atoms with E-state index < -0.39 is 0 Å². The molecule has 4 N–H and O–H groups in total. The van der Waals surface area contributed by atoms with Gasteiger partial charge in [-0.3, -0.25) is 14.4 Å². The number of rotatable bonds is 2. The minimum atomic E-state index is -0.255. The van der Waals surface area contributed by atoms with Crippen molar-refractivity contribution < 1.29 is 24.6 Å². The first-order chi connectivity index (χ1) is 15.6. The summed E-state index contributed by atoms with van der Waals surface area (Å²) >= 11 is 23.2. The maximum absolute atomic E-state index is 11.4. The molecular formula is C20H14Cl2N2O5S4. The van der Waals surface area contributed by atoms with Gasteiger partial charge in [-0.15, -0.1) is 0 Å². The molecule has 0 atom stereocenters. The number of hydrogen-bond donors (Lipinski definition) is 4. The minimum Gasteiger partial charge on any atom is -0.506 e. The van der Waals surface area contributed by atoms with Crippen LogP contribution < -0.4 is 10.6 Å². The molecule has 2 fully saturated rings. The SMILES string of the molecule is O=C1CSC(=S)N1.O=C1NC(=S)S/C1=C/c1cccc(Cl)c1O.O=Cc1cccc(Cl)c1O. The smallest absolute Gasteiger partial charge is 0.263 e. The van der Waals surface area contributed by atoms with E-state index in [0.29, 0.717) is 31.1 Å². The number of thiocarbonyl (C=S) groups is 2. The predicted molar refractivity (Wildman–Crippen MR) is 141 cm³/mol. The van der Waals surface area contributed by atoms with Crippen molar-refractivity contribution >= 4 is 104 Å². The maximum atomic E-state index is 11.4. The van der Waals surface area contributed by atoms with Gasteiger partial charge in [-0.1, -0.05) is 89.4 Å². The summed E-state index contributed by atoms with van der Waals surface area (Å²) < 4.78 is 1.02. The van der Waals surface area contributed by atoms with Gasteiger partial charge in [0.1, 0.15) is 20.1 Å². The van der Waals surface area contributed by atoms with E-state index in [1.54, 1.807) is 30.3 Å². The number of aromatic hydroxyl groups is 2. The van der Waals surface area contributed by atoms with Crippen molar-refractivity contribution in [2.75, 3.05) is 5.75 Å². The Morgan fingerprint density at radius 2 is 1.48 bits per heavy atom. The van der Waals surface area contributed by atoms with Crippen LogP contribution in [0.25, 0.3) is 6.08 Å². The fourth-order valence-electron chi connectivity index (χ4n) is 2.15. The topological polar surface area (TPSA) is 116 Å². The highest BCUT2D eigenvalue weighted by Gasteiger charge is 2.22. The zero-order valence-corrected chi connectivity index (χ0v) is 21.1. The average molecular weight is 562 g/mol. The van der Waals surface area contributed by atoms with Crippen LogP contribution in [0.5, 0.6) is 11.5 Å². The molecular weight excluding hydrogens is 547 g/mol. The van der Waals surface area contributed by atoms with E-state index >= 15 is 0 Å². The number of hydrogen-bond acceptors (Lipinski definition) is 9. The molecule has 2 aromatic carbocycles. The lowest BCUT2D eigenvalue weighted by molar-refractivity contribution is -0.117. The van der Waals surface area contributed by atoms with Gasteiger partial charge in [0.15, 0.2) is 6.29 Å². The molecule has 0 saturated carbocycles. The van der Waals surface area contributed by atoms with Crippen LogP contribution in [0.4, 0.5) is 0 Å². The largest absolute Gasteiger partial charge is 0.506 e. The lowest BCUT2D eigenvalue weighted by Crippen LogP contribution is -2.18. The Balaban J connectivity index is 0.000000193.